The third-order valence-electron chi connectivity index (χ3n) is 3.55. The molecule has 0 aliphatic rings. The molecule has 0 spiro atoms. The highest BCUT2D eigenvalue weighted by molar-refractivity contribution is 6.35. The molecular weight excluding hydrogens is 347 g/mol. The number of aromatic nitrogens is 2. The third kappa shape index (κ3) is 4.02. The molecular formula is C18H16Cl2N2O2. The highest BCUT2D eigenvalue weighted by atomic mass is 35.5. The molecule has 0 aliphatic heterocycles. The quantitative estimate of drug-likeness (QED) is 0.630. The molecule has 0 radical (unpaired) electrons. The van der Waals surface area contributed by atoms with Gasteiger partial charge < -0.3 is 14.0 Å². The van der Waals surface area contributed by atoms with E-state index in [-0.39, 0.29) is 0 Å². The van der Waals surface area contributed by atoms with E-state index in [1.165, 1.54) is 0 Å². The van der Waals surface area contributed by atoms with Crippen molar-refractivity contribution in [2.75, 3.05) is 7.11 Å². The molecule has 0 N–H and O–H groups in total. The van der Waals surface area contributed by atoms with E-state index in [0.717, 1.165) is 17.7 Å². The summed E-state index contributed by atoms with van der Waals surface area (Å²) in [5, 5.41) is 1.18. The molecule has 3 aromatic rings. The van der Waals surface area contributed by atoms with Crippen LogP contribution < -0.4 is 9.47 Å². The summed E-state index contributed by atoms with van der Waals surface area (Å²) in [4.78, 5) is 4.04. The summed E-state index contributed by atoms with van der Waals surface area (Å²) in [6, 6.07) is 11.2. The van der Waals surface area contributed by atoms with Gasteiger partial charge >= 0.3 is 0 Å². The molecule has 0 bridgehead atoms. The van der Waals surface area contributed by atoms with E-state index in [1.807, 2.05) is 35.0 Å². The summed E-state index contributed by atoms with van der Waals surface area (Å²) >= 11 is 12.1. The molecule has 24 heavy (non-hydrogen) atoms. The number of rotatable bonds is 6. The van der Waals surface area contributed by atoms with Crippen LogP contribution in [0.2, 0.25) is 10.0 Å². The first-order valence-corrected chi connectivity index (χ1v) is 8.10. The fourth-order valence-corrected chi connectivity index (χ4v) is 2.78. The van der Waals surface area contributed by atoms with Crippen LogP contribution in [-0.2, 0) is 13.2 Å². The summed E-state index contributed by atoms with van der Waals surface area (Å²) in [5.74, 6) is 1.34. The van der Waals surface area contributed by atoms with Crippen molar-refractivity contribution in [2.45, 2.75) is 13.2 Å². The first-order chi connectivity index (χ1) is 11.7. The van der Waals surface area contributed by atoms with Gasteiger partial charge in [0.15, 0.2) is 11.5 Å². The minimum absolute atomic E-state index is 0.341. The van der Waals surface area contributed by atoms with Gasteiger partial charge in [0.1, 0.15) is 6.61 Å². The van der Waals surface area contributed by atoms with E-state index in [4.69, 9.17) is 32.7 Å². The Hall–Kier alpha value is -2.17. The second kappa shape index (κ2) is 7.60. The standard InChI is InChI=1S/C18H16Cl2N2O2/c1-23-18-8-13(10-22-7-6-21-12-22)2-5-17(18)24-11-14-3-4-15(19)9-16(14)20/h2-9,12H,10-11H2,1H3. The molecule has 4 nitrogen and oxygen atoms in total. The first kappa shape index (κ1) is 16.7. The Balaban J connectivity index is 1.73. The Labute approximate surface area is 150 Å². The fraction of sp³-hybridized carbons (Fsp3) is 0.167. The van der Waals surface area contributed by atoms with E-state index in [0.29, 0.717) is 28.2 Å². The maximum Gasteiger partial charge on any atom is 0.161 e. The van der Waals surface area contributed by atoms with Gasteiger partial charge in [-0.1, -0.05) is 35.3 Å². The van der Waals surface area contributed by atoms with Crippen LogP contribution in [-0.4, -0.2) is 16.7 Å². The number of nitrogens with zero attached hydrogens (tertiary/aromatic N) is 2. The van der Waals surface area contributed by atoms with Crippen LogP contribution in [0.25, 0.3) is 0 Å². The van der Waals surface area contributed by atoms with Crippen molar-refractivity contribution in [3.63, 3.8) is 0 Å². The van der Waals surface area contributed by atoms with Crippen molar-refractivity contribution in [3.05, 3.63) is 76.3 Å². The van der Waals surface area contributed by atoms with E-state index in [2.05, 4.69) is 4.98 Å². The van der Waals surface area contributed by atoms with Crippen LogP contribution in [0.1, 0.15) is 11.1 Å². The van der Waals surface area contributed by atoms with E-state index >= 15 is 0 Å². The maximum atomic E-state index is 6.17. The molecule has 0 saturated carbocycles. The summed E-state index contributed by atoms with van der Waals surface area (Å²) in [6.45, 7) is 1.06. The van der Waals surface area contributed by atoms with Crippen molar-refractivity contribution < 1.29 is 9.47 Å². The molecule has 0 saturated heterocycles. The minimum atomic E-state index is 0.341. The molecule has 124 valence electrons. The zero-order chi connectivity index (χ0) is 16.9. The zero-order valence-corrected chi connectivity index (χ0v) is 14.6. The highest BCUT2D eigenvalue weighted by Gasteiger charge is 2.08. The summed E-state index contributed by atoms with van der Waals surface area (Å²) < 4.78 is 13.3. The normalized spacial score (nSPS) is 10.6. The van der Waals surface area contributed by atoms with Crippen molar-refractivity contribution in [2.24, 2.45) is 0 Å². The molecule has 0 aliphatic carbocycles. The van der Waals surface area contributed by atoms with Gasteiger partial charge in [-0.3, -0.25) is 0 Å². The van der Waals surface area contributed by atoms with E-state index in [1.54, 1.807) is 31.8 Å². The third-order valence-corrected chi connectivity index (χ3v) is 4.14. The van der Waals surface area contributed by atoms with Crippen molar-refractivity contribution >= 4 is 23.2 Å². The monoisotopic (exact) mass is 362 g/mol. The van der Waals surface area contributed by atoms with Gasteiger partial charge in [0, 0.05) is 34.5 Å². The topological polar surface area (TPSA) is 36.3 Å². The lowest BCUT2D eigenvalue weighted by atomic mass is 10.2. The Morgan fingerprint density at radius 1 is 1.08 bits per heavy atom. The summed E-state index contributed by atoms with van der Waals surface area (Å²) in [6.07, 6.45) is 5.45. The van der Waals surface area contributed by atoms with Gasteiger partial charge in [-0.2, -0.15) is 0 Å². The fourth-order valence-electron chi connectivity index (χ4n) is 2.31. The minimum Gasteiger partial charge on any atom is -0.493 e. The smallest absolute Gasteiger partial charge is 0.161 e. The maximum absolute atomic E-state index is 6.17. The molecule has 0 amide bonds. The van der Waals surface area contributed by atoms with Crippen molar-refractivity contribution in [3.8, 4) is 11.5 Å². The SMILES string of the molecule is COc1cc(Cn2ccnc2)ccc1OCc1ccc(Cl)cc1Cl. The van der Waals surface area contributed by atoms with Crippen LogP contribution >= 0.6 is 23.2 Å². The number of benzene rings is 2. The number of hydrogen-bond acceptors (Lipinski definition) is 3. The van der Waals surface area contributed by atoms with Crippen LogP contribution in [0.5, 0.6) is 11.5 Å². The average Bonchev–Trinajstić information content (AvgIpc) is 3.08. The van der Waals surface area contributed by atoms with Gasteiger partial charge in [-0.25, -0.2) is 4.98 Å². The largest absolute Gasteiger partial charge is 0.493 e. The Morgan fingerprint density at radius 2 is 1.96 bits per heavy atom. The van der Waals surface area contributed by atoms with Crippen LogP contribution in [0.4, 0.5) is 0 Å². The van der Waals surface area contributed by atoms with Crippen molar-refractivity contribution in [1.29, 1.82) is 0 Å². The number of imidazole rings is 1. The second-order valence-electron chi connectivity index (χ2n) is 5.24. The number of halogens is 2. The second-order valence-corrected chi connectivity index (χ2v) is 6.09. The molecule has 0 unspecified atom stereocenters. The predicted molar refractivity (Wildman–Crippen MR) is 95.1 cm³/mol. The molecule has 0 atom stereocenters. The average molecular weight is 363 g/mol. The summed E-state index contributed by atoms with van der Waals surface area (Å²) in [5.41, 5.74) is 1.97. The Morgan fingerprint density at radius 3 is 2.67 bits per heavy atom. The van der Waals surface area contributed by atoms with Crippen molar-refractivity contribution in [1.82, 2.24) is 9.55 Å². The number of ether oxygens (including phenoxy) is 2. The predicted octanol–water partition coefficient (Wildman–Crippen LogP) is 4.83. The lowest BCUT2D eigenvalue weighted by Crippen LogP contribution is -2.01. The molecule has 3 rings (SSSR count). The number of methoxy groups -OCH3 is 1. The van der Waals surface area contributed by atoms with Crippen LogP contribution in [0, 0.1) is 0 Å². The summed E-state index contributed by atoms with van der Waals surface area (Å²) in [7, 11) is 1.62. The molecule has 0 fully saturated rings. The highest BCUT2D eigenvalue weighted by Crippen LogP contribution is 2.30. The van der Waals surface area contributed by atoms with Gasteiger partial charge in [0.05, 0.1) is 13.4 Å². The van der Waals surface area contributed by atoms with Gasteiger partial charge in [0.2, 0.25) is 0 Å². The van der Waals surface area contributed by atoms with Gasteiger partial charge in [-0.15, -0.1) is 0 Å². The molecule has 6 heteroatoms. The molecule has 1 heterocycles. The lowest BCUT2D eigenvalue weighted by Gasteiger charge is -2.13. The first-order valence-electron chi connectivity index (χ1n) is 7.35. The zero-order valence-electron chi connectivity index (χ0n) is 13.1. The van der Waals surface area contributed by atoms with Gasteiger partial charge in [-0.05, 0) is 29.8 Å². The van der Waals surface area contributed by atoms with E-state index < -0.39 is 0 Å². The Bertz CT molecular complexity index is 820. The van der Waals surface area contributed by atoms with Crippen LogP contribution in [0.15, 0.2) is 55.1 Å². The number of hydrogen-bond donors (Lipinski definition) is 0. The van der Waals surface area contributed by atoms with Gasteiger partial charge in [0.25, 0.3) is 0 Å². The van der Waals surface area contributed by atoms with Crippen LogP contribution in [0.3, 0.4) is 0 Å². The lowest BCUT2D eigenvalue weighted by molar-refractivity contribution is 0.284. The molecule has 2 aromatic carbocycles. The Kier molecular flexibility index (Phi) is 5.28. The molecule has 1 aromatic heterocycles. The van der Waals surface area contributed by atoms with E-state index in [9.17, 15) is 0 Å².